The lowest BCUT2D eigenvalue weighted by molar-refractivity contribution is 0.0425. The highest BCUT2D eigenvalue weighted by Gasteiger charge is 2.40. The number of nitrogens with zero attached hydrogens (tertiary/aromatic N) is 1. The second kappa shape index (κ2) is 4.55. The number of carbonyl (C=O) groups is 1. The van der Waals surface area contributed by atoms with Crippen LogP contribution < -0.4 is 5.32 Å². The molecular weight excluding hydrogens is 236 g/mol. The fourth-order valence-corrected chi connectivity index (χ4v) is 3.17. The summed E-state index contributed by atoms with van der Waals surface area (Å²) in [6.45, 7) is 6.25. The smallest absolute Gasteiger partial charge is 0.317 e. The van der Waals surface area contributed by atoms with Crippen molar-refractivity contribution < 1.29 is 4.79 Å². The summed E-state index contributed by atoms with van der Waals surface area (Å²) in [7, 11) is 0. The Hall–Kier alpha value is -1.51. The van der Waals surface area contributed by atoms with Gasteiger partial charge in [-0.1, -0.05) is 38.1 Å². The molecule has 1 heterocycles. The number of nitrogens with one attached hydrogen (secondary N) is 1. The Balaban J connectivity index is 1.53. The number of benzene rings is 1. The van der Waals surface area contributed by atoms with Crippen molar-refractivity contribution in [3.8, 4) is 0 Å². The van der Waals surface area contributed by atoms with E-state index in [1.807, 2.05) is 4.90 Å². The first-order valence-electron chi connectivity index (χ1n) is 7.22. The van der Waals surface area contributed by atoms with Crippen LogP contribution in [0.25, 0.3) is 0 Å². The first kappa shape index (κ1) is 12.5. The van der Waals surface area contributed by atoms with Crippen molar-refractivity contribution in [2.45, 2.75) is 39.2 Å². The highest BCUT2D eigenvalue weighted by molar-refractivity contribution is 5.75. The molecule has 1 fully saturated rings. The van der Waals surface area contributed by atoms with Gasteiger partial charge in [0.05, 0.1) is 0 Å². The normalized spacial score (nSPS) is 20.8. The van der Waals surface area contributed by atoms with Crippen LogP contribution in [-0.2, 0) is 12.8 Å². The van der Waals surface area contributed by atoms with E-state index in [4.69, 9.17) is 0 Å². The van der Waals surface area contributed by atoms with Crippen LogP contribution in [0.4, 0.5) is 4.79 Å². The van der Waals surface area contributed by atoms with Crippen LogP contribution in [0.5, 0.6) is 0 Å². The minimum Gasteiger partial charge on any atom is -0.335 e. The Morgan fingerprint density at radius 2 is 1.89 bits per heavy atom. The Morgan fingerprint density at radius 3 is 2.42 bits per heavy atom. The summed E-state index contributed by atoms with van der Waals surface area (Å²) in [4.78, 5) is 14.1. The Labute approximate surface area is 115 Å². The lowest BCUT2D eigenvalue weighted by atomic mass is 9.80. The first-order valence-corrected chi connectivity index (χ1v) is 7.22. The molecule has 0 atom stereocenters. The molecule has 0 unspecified atom stereocenters. The lowest BCUT2D eigenvalue weighted by Crippen LogP contribution is -2.60. The van der Waals surface area contributed by atoms with Gasteiger partial charge >= 0.3 is 6.03 Å². The molecule has 1 N–H and O–H groups in total. The minimum atomic E-state index is 0.115. The number of urea groups is 1. The van der Waals surface area contributed by atoms with Crippen molar-refractivity contribution in [1.82, 2.24) is 10.2 Å². The van der Waals surface area contributed by atoms with E-state index < -0.39 is 0 Å². The van der Waals surface area contributed by atoms with Gasteiger partial charge in [0.25, 0.3) is 0 Å². The van der Waals surface area contributed by atoms with E-state index in [0.717, 1.165) is 32.4 Å². The first-order chi connectivity index (χ1) is 9.09. The number of carbonyl (C=O) groups excluding carboxylic acids is 1. The predicted octanol–water partition coefficient (Wildman–Crippen LogP) is 2.60. The fraction of sp³-hybridized carbons (Fsp3) is 0.562. The topological polar surface area (TPSA) is 32.3 Å². The van der Waals surface area contributed by atoms with Gasteiger partial charge < -0.3 is 10.2 Å². The average molecular weight is 258 g/mol. The van der Waals surface area contributed by atoms with E-state index in [1.54, 1.807) is 0 Å². The number of fused-ring (bicyclic) bond motifs is 1. The highest BCUT2D eigenvalue weighted by Crippen LogP contribution is 2.33. The van der Waals surface area contributed by atoms with Crippen LogP contribution in [0.15, 0.2) is 24.3 Å². The van der Waals surface area contributed by atoms with Gasteiger partial charge in [-0.15, -0.1) is 0 Å². The van der Waals surface area contributed by atoms with E-state index in [0.29, 0.717) is 5.41 Å². The molecule has 102 valence electrons. The molecule has 3 heteroatoms. The third kappa shape index (κ3) is 2.34. The van der Waals surface area contributed by atoms with Crippen LogP contribution in [0.2, 0.25) is 0 Å². The second-order valence-corrected chi connectivity index (χ2v) is 6.34. The Bertz CT molecular complexity index is 466. The van der Waals surface area contributed by atoms with E-state index in [-0.39, 0.29) is 12.1 Å². The predicted molar refractivity (Wildman–Crippen MR) is 76.1 cm³/mol. The molecule has 1 aliphatic heterocycles. The molecule has 1 aromatic carbocycles. The highest BCUT2D eigenvalue weighted by atomic mass is 16.2. The maximum absolute atomic E-state index is 12.2. The molecule has 3 rings (SSSR count). The molecule has 2 amide bonds. The maximum Gasteiger partial charge on any atom is 0.317 e. The number of rotatable bonds is 2. The standard InChI is InChI=1S/C16H22N2O/c1-3-16(2)10-18(11-16)15(19)17-14-8-12-6-4-5-7-13(12)9-14/h4-7,14H,3,8-11H2,1-2H3,(H,17,19). The minimum absolute atomic E-state index is 0.115. The van der Waals surface area contributed by atoms with Crippen molar-refractivity contribution in [3.63, 3.8) is 0 Å². The summed E-state index contributed by atoms with van der Waals surface area (Å²) in [5.74, 6) is 0. The number of amides is 2. The maximum atomic E-state index is 12.2. The van der Waals surface area contributed by atoms with Gasteiger partial charge in [0.15, 0.2) is 0 Å². The summed E-state index contributed by atoms with van der Waals surface area (Å²) in [6.07, 6.45) is 3.09. The lowest BCUT2D eigenvalue weighted by Gasteiger charge is -2.47. The van der Waals surface area contributed by atoms with Gasteiger partial charge in [0.2, 0.25) is 0 Å². The Kier molecular flexibility index (Phi) is 3.00. The summed E-state index contributed by atoms with van der Waals surface area (Å²) >= 11 is 0. The zero-order chi connectivity index (χ0) is 13.5. The summed E-state index contributed by atoms with van der Waals surface area (Å²) in [5.41, 5.74) is 3.11. The zero-order valence-electron chi connectivity index (χ0n) is 11.8. The van der Waals surface area contributed by atoms with Crippen LogP contribution in [-0.4, -0.2) is 30.1 Å². The van der Waals surface area contributed by atoms with E-state index in [1.165, 1.54) is 11.1 Å². The Morgan fingerprint density at radius 1 is 1.32 bits per heavy atom. The van der Waals surface area contributed by atoms with Crippen molar-refractivity contribution in [1.29, 1.82) is 0 Å². The van der Waals surface area contributed by atoms with Gasteiger partial charge in [-0.2, -0.15) is 0 Å². The molecule has 1 aliphatic carbocycles. The molecule has 0 aromatic heterocycles. The van der Waals surface area contributed by atoms with Crippen LogP contribution in [0.3, 0.4) is 0 Å². The monoisotopic (exact) mass is 258 g/mol. The summed E-state index contributed by atoms with van der Waals surface area (Å²) in [6, 6.07) is 8.87. The third-order valence-corrected chi connectivity index (χ3v) is 4.66. The molecule has 1 saturated heterocycles. The molecule has 0 radical (unpaired) electrons. The molecular formula is C16H22N2O. The third-order valence-electron chi connectivity index (χ3n) is 4.66. The van der Waals surface area contributed by atoms with E-state index in [2.05, 4.69) is 43.4 Å². The van der Waals surface area contributed by atoms with E-state index in [9.17, 15) is 4.79 Å². The molecule has 1 aromatic rings. The van der Waals surface area contributed by atoms with Crippen LogP contribution in [0, 0.1) is 5.41 Å². The van der Waals surface area contributed by atoms with Gasteiger partial charge in [0.1, 0.15) is 0 Å². The zero-order valence-corrected chi connectivity index (χ0v) is 11.8. The molecule has 19 heavy (non-hydrogen) atoms. The SMILES string of the molecule is CCC1(C)CN(C(=O)NC2Cc3ccccc3C2)C1. The van der Waals surface area contributed by atoms with Crippen molar-refractivity contribution in [3.05, 3.63) is 35.4 Å². The van der Waals surface area contributed by atoms with Gasteiger partial charge in [-0.3, -0.25) is 0 Å². The molecule has 2 aliphatic rings. The summed E-state index contributed by atoms with van der Waals surface area (Å²) in [5, 5.41) is 3.18. The number of likely N-dealkylation sites (tertiary alicyclic amines) is 1. The number of hydrogen-bond donors (Lipinski definition) is 1. The average Bonchev–Trinajstić information content (AvgIpc) is 2.76. The molecule has 3 nitrogen and oxygen atoms in total. The van der Waals surface area contributed by atoms with Crippen molar-refractivity contribution in [2.75, 3.05) is 13.1 Å². The van der Waals surface area contributed by atoms with Crippen LogP contribution >= 0.6 is 0 Å². The van der Waals surface area contributed by atoms with Gasteiger partial charge in [-0.25, -0.2) is 4.79 Å². The molecule has 0 saturated carbocycles. The van der Waals surface area contributed by atoms with E-state index >= 15 is 0 Å². The van der Waals surface area contributed by atoms with Crippen molar-refractivity contribution >= 4 is 6.03 Å². The largest absolute Gasteiger partial charge is 0.335 e. The number of hydrogen-bond acceptors (Lipinski definition) is 1. The molecule has 0 spiro atoms. The second-order valence-electron chi connectivity index (χ2n) is 6.34. The molecule has 0 bridgehead atoms. The van der Waals surface area contributed by atoms with Crippen molar-refractivity contribution in [2.24, 2.45) is 5.41 Å². The van der Waals surface area contributed by atoms with Crippen LogP contribution in [0.1, 0.15) is 31.4 Å². The van der Waals surface area contributed by atoms with Gasteiger partial charge in [-0.05, 0) is 30.4 Å². The fourth-order valence-electron chi connectivity index (χ4n) is 3.17. The van der Waals surface area contributed by atoms with Gasteiger partial charge in [0, 0.05) is 24.5 Å². The summed E-state index contributed by atoms with van der Waals surface area (Å²) < 4.78 is 0. The quantitative estimate of drug-likeness (QED) is 0.869.